The van der Waals surface area contributed by atoms with Crippen LogP contribution in [-0.2, 0) is 9.59 Å². The van der Waals surface area contributed by atoms with E-state index in [4.69, 9.17) is 30.6 Å². The standard InChI is InChI=1S/C6H10O8.Na/c7-1(3(9)5(11)12)2(8)4(10)6(13)14;/h1-4,7-10H,(H,11,12)(H,13,14);/q;+1. The van der Waals surface area contributed by atoms with Gasteiger partial charge in [0.2, 0.25) is 0 Å². The van der Waals surface area contributed by atoms with Crippen molar-refractivity contribution in [2.45, 2.75) is 24.4 Å². The number of aliphatic hydroxyl groups excluding tert-OH is 4. The molecule has 0 spiro atoms. The van der Waals surface area contributed by atoms with Gasteiger partial charge >= 0.3 is 41.5 Å². The number of aliphatic hydroxyl groups is 4. The van der Waals surface area contributed by atoms with Gasteiger partial charge in [0.25, 0.3) is 0 Å². The third-order valence-electron chi connectivity index (χ3n) is 1.50. The molecule has 0 aliphatic rings. The van der Waals surface area contributed by atoms with Crippen molar-refractivity contribution in [3.8, 4) is 0 Å². The van der Waals surface area contributed by atoms with Gasteiger partial charge in [0.1, 0.15) is 12.2 Å². The molecule has 15 heavy (non-hydrogen) atoms. The van der Waals surface area contributed by atoms with Gasteiger partial charge in [-0.1, -0.05) is 0 Å². The number of carbonyl (C=O) groups is 2. The molecule has 0 fully saturated rings. The SMILES string of the molecule is O=C(O)C(O)C(O)C(O)C(O)C(=O)O.[Na+]. The summed E-state index contributed by atoms with van der Waals surface area (Å²) in [6.07, 6.45) is -9.28. The molecule has 0 aromatic heterocycles. The molecule has 0 amide bonds. The average Bonchev–Trinajstić information content (AvgIpc) is 2.12. The molecule has 8 nitrogen and oxygen atoms in total. The van der Waals surface area contributed by atoms with Gasteiger partial charge in [-0.3, -0.25) is 0 Å². The fourth-order valence-corrected chi connectivity index (χ4v) is 0.666. The molecule has 0 radical (unpaired) electrons. The fraction of sp³-hybridized carbons (Fsp3) is 0.667. The Labute approximate surface area is 106 Å². The molecule has 0 aromatic rings. The molecule has 0 rings (SSSR count). The van der Waals surface area contributed by atoms with E-state index in [1.165, 1.54) is 0 Å². The maximum Gasteiger partial charge on any atom is 1.00 e. The van der Waals surface area contributed by atoms with Gasteiger partial charge in [-0.15, -0.1) is 0 Å². The second kappa shape index (κ2) is 7.12. The van der Waals surface area contributed by atoms with Crippen LogP contribution < -0.4 is 29.6 Å². The van der Waals surface area contributed by atoms with E-state index in [0.29, 0.717) is 0 Å². The van der Waals surface area contributed by atoms with Gasteiger partial charge in [0.05, 0.1) is 0 Å². The van der Waals surface area contributed by atoms with Crippen LogP contribution in [-0.4, -0.2) is 67.0 Å². The van der Waals surface area contributed by atoms with Crippen molar-refractivity contribution in [1.82, 2.24) is 0 Å². The number of rotatable bonds is 5. The Bertz CT molecular complexity index is 207. The van der Waals surface area contributed by atoms with E-state index in [1.807, 2.05) is 0 Å². The summed E-state index contributed by atoms with van der Waals surface area (Å²) in [5.41, 5.74) is 0. The first-order valence-electron chi connectivity index (χ1n) is 3.47. The van der Waals surface area contributed by atoms with Gasteiger partial charge in [-0.2, -0.15) is 0 Å². The zero-order chi connectivity index (χ0) is 11.5. The zero-order valence-electron chi connectivity index (χ0n) is 7.81. The molecule has 0 heterocycles. The smallest absolute Gasteiger partial charge is 0.479 e. The predicted molar refractivity (Wildman–Crippen MR) is 39.3 cm³/mol. The van der Waals surface area contributed by atoms with E-state index < -0.39 is 36.4 Å². The Kier molecular flexibility index (Phi) is 8.16. The second-order valence-electron chi connectivity index (χ2n) is 2.55. The number of aliphatic carboxylic acids is 2. The third-order valence-corrected chi connectivity index (χ3v) is 1.50. The largest absolute Gasteiger partial charge is 1.00 e. The van der Waals surface area contributed by atoms with Crippen molar-refractivity contribution < 1.29 is 69.8 Å². The molecule has 4 atom stereocenters. The summed E-state index contributed by atoms with van der Waals surface area (Å²) in [7, 11) is 0. The van der Waals surface area contributed by atoms with Gasteiger partial charge in [-0.25, -0.2) is 9.59 Å². The summed E-state index contributed by atoms with van der Waals surface area (Å²) in [6.45, 7) is 0. The molecular weight excluding hydrogens is 223 g/mol. The predicted octanol–water partition coefficient (Wildman–Crippen LogP) is -6.40. The van der Waals surface area contributed by atoms with Crippen LogP contribution in [0.25, 0.3) is 0 Å². The van der Waals surface area contributed by atoms with Crippen molar-refractivity contribution in [2.75, 3.05) is 0 Å². The molecule has 6 N–H and O–H groups in total. The summed E-state index contributed by atoms with van der Waals surface area (Å²) in [4.78, 5) is 20.2. The van der Waals surface area contributed by atoms with Crippen LogP contribution in [0.15, 0.2) is 0 Å². The summed E-state index contributed by atoms with van der Waals surface area (Å²) in [5, 5.41) is 51.5. The molecule has 82 valence electrons. The van der Waals surface area contributed by atoms with Gasteiger partial charge in [0.15, 0.2) is 12.2 Å². The van der Waals surface area contributed by atoms with E-state index in [9.17, 15) is 9.59 Å². The van der Waals surface area contributed by atoms with E-state index in [1.54, 1.807) is 0 Å². The van der Waals surface area contributed by atoms with E-state index in [-0.39, 0.29) is 29.6 Å². The first-order chi connectivity index (χ1) is 6.29. The van der Waals surface area contributed by atoms with Crippen LogP contribution in [0.4, 0.5) is 0 Å². The van der Waals surface area contributed by atoms with Crippen LogP contribution >= 0.6 is 0 Å². The van der Waals surface area contributed by atoms with Crippen LogP contribution in [0.1, 0.15) is 0 Å². The molecule has 0 aliphatic carbocycles. The molecule has 0 aliphatic heterocycles. The average molecular weight is 233 g/mol. The maximum absolute atomic E-state index is 10.1. The minimum Gasteiger partial charge on any atom is -0.479 e. The van der Waals surface area contributed by atoms with Gasteiger partial charge in [0, 0.05) is 0 Å². The van der Waals surface area contributed by atoms with Crippen LogP contribution in [0.3, 0.4) is 0 Å². The normalized spacial score (nSPS) is 18.1. The third kappa shape index (κ3) is 4.89. The monoisotopic (exact) mass is 233 g/mol. The number of carboxylic acids is 2. The number of hydrogen-bond donors (Lipinski definition) is 6. The molecule has 9 heteroatoms. The van der Waals surface area contributed by atoms with Crippen molar-refractivity contribution in [3.05, 3.63) is 0 Å². The first kappa shape index (κ1) is 17.2. The molecular formula is C6H10NaO8+. The minimum absolute atomic E-state index is 0. The van der Waals surface area contributed by atoms with Crippen molar-refractivity contribution in [2.24, 2.45) is 0 Å². The maximum atomic E-state index is 10.1. The number of carboxylic acid groups (broad SMARTS) is 2. The Balaban J connectivity index is 0. The minimum atomic E-state index is -2.36. The zero-order valence-corrected chi connectivity index (χ0v) is 9.81. The van der Waals surface area contributed by atoms with Gasteiger partial charge in [-0.05, 0) is 0 Å². The quantitative estimate of drug-likeness (QED) is 0.256. The second-order valence-corrected chi connectivity index (χ2v) is 2.55. The molecule has 0 bridgehead atoms. The Morgan fingerprint density at radius 2 is 0.933 bits per heavy atom. The summed E-state index contributed by atoms with van der Waals surface area (Å²) in [5.74, 6) is -3.68. The van der Waals surface area contributed by atoms with E-state index >= 15 is 0 Å². The van der Waals surface area contributed by atoms with Crippen LogP contribution in [0.5, 0.6) is 0 Å². The topological polar surface area (TPSA) is 156 Å². The van der Waals surface area contributed by atoms with Crippen LogP contribution in [0.2, 0.25) is 0 Å². The van der Waals surface area contributed by atoms with Gasteiger partial charge < -0.3 is 30.6 Å². The fourth-order valence-electron chi connectivity index (χ4n) is 0.666. The molecule has 0 saturated carbocycles. The Hall–Kier alpha value is -0.220. The number of hydrogen-bond acceptors (Lipinski definition) is 6. The summed E-state index contributed by atoms with van der Waals surface area (Å²) < 4.78 is 0. The molecule has 0 saturated heterocycles. The van der Waals surface area contributed by atoms with E-state index in [2.05, 4.69) is 0 Å². The Morgan fingerprint density at radius 3 is 1.07 bits per heavy atom. The molecule has 0 aromatic carbocycles. The Morgan fingerprint density at radius 1 is 0.733 bits per heavy atom. The van der Waals surface area contributed by atoms with E-state index in [0.717, 1.165) is 0 Å². The molecule has 4 unspecified atom stereocenters. The van der Waals surface area contributed by atoms with Crippen molar-refractivity contribution >= 4 is 11.9 Å². The van der Waals surface area contributed by atoms with Crippen molar-refractivity contribution in [3.63, 3.8) is 0 Å². The van der Waals surface area contributed by atoms with Crippen LogP contribution in [0, 0.1) is 0 Å². The first-order valence-corrected chi connectivity index (χ1v) is 3.47. The van der Waals surface area contributed by atoms with Crippen molar-refractivity contribution in [1.29, 1.82) is 0 Å². The summed E-state index contributed by atoms with van der Waals surface area (Å²) >= 11 is 0. The summed E-state index contributed by atoms with van der Waals surface area (Å²) in [6, 6.07) is 0.